The number of benzene rings is 1. The summed E-state index contributed by atoms with van der Waals surface area (Å²) in [7, 11) is 0. The largest absolute Gasteiger partial charge is 0.456 e. The van der Waals surface area contributed by atoms with Gasteiger partial charge in [0.15, 0.2) is 6.61 Å². The number of ether oxygens (including phenoxy) is 1. The van der Waals surface area contributed by atoms with Crippen molar-refractivity contribution in [1.29, 1.82) is 0 Å². The Labute approximate surface area is 178 Å². The predicted molar refractivity (Wildman–Crippen MR) is 100 cm³/mol. The first-order valence-corrected chi connectivity index (χ1v) is 9.28. The van der Waals surface area contributed by atoms with Gasteiger partial charge in [-0.1, -0.05) is 28.5 Å². The Morgan fingerprint density at radius 1 is 0.938 bits per heavy atom. The van der Waals surface area contributed by atoms with Crippen LogP contribution in [0.25, 0.3) is 22.9 Å². The molecule has 0 aliphatic rings. The van der Waals surface area contributed by atoms with Gasteiger partial charge in [0, 0.05) is 18.2 Å². The van der Waals surface area contributed by atoms with Crippen molar-refractivity contribution in [3.05, 3.63) is 66.0 Å². The molecule has 32 heavy (non-hydrogen) atoms. The van der Waals surface area contributed by atoms with Crippen LogP contribution in [-0.2, 0) is 28.7 Å². The third-order valence-electron chi connectivity index (χ3n) is 4.20. The van der Waals surface area contributed by atoms with Crippen molar-refractivity contribution in [3.63, 3.8) is 0 Å². The average molecular weight is 445 g/mol. The van der Waals surface area contributed by atoms with Gasteiger partial charge >= 0.3 is 12.1 Å². The van der Waals surface area contributed by atoms with Crippen LogP contribution in [0.5, 0.6) is 0 Å². The zero-order valence-electron chi connectivity index (χ0n) is 16.2. The molecule has 0 atom stereocenters. The molecule has 0 spiro atoms. The summed E-state index contributed by atoms with van der Waals surface area (Å²) in [5, 5.41) is 7.50. The third kappa shape index (κ3) is 5.14. The van der Waals surface area contributed by atoms with Crippen LogP contribution in [0.4, 0.5) is 13.2 Å². The van der Waals surface area contributed by atoms with Crippen LogP contribution >= 0.6 is 0 Å². The summed E-state index contributed by atoms with van der Waals surface area (Å²) in [6, 6.07) is 9.57. The van der Waals surface area contributed by atoms with E-state index in [0.717, 1.165) is 12.1 Å². The van der Waals surface area contributed by atoms with Crippen molar-refractivity contribution >= 4 is 5.97 Å². The van der Waals surface area contributed by atoms with E-state index in [1.807, 2.05) is 0 Å². The van der Waals surface area contributed by atoms with Gasteiger partial charge in [0.05, 0.1) is 12.0 Å². The molecule has 12 heteroatoms. The number of halogens is 3. The lowest BCUT2D eigenvalue weighted by Crippen LogP contribution is -2.06. The second-order valence-electron chi connectivity index (χ2n) is 6.47. The molecular formula is C20H14F3N5O4. The minimum absolute atomic E-state index is 0.00322. The first-order chi connectivity index (χ1) is 15.4. The Hall–Kier alpha value is -4.09. The first-order valence-electron chi connectivity index (χ1n) is 9.28. The van der Waals surface area contributed by atoms with E-state index in [1.54, 1.807) is 24.4 Å². The van der Waals surface area contributed by atoms with Crippen molar-refractivity contribution in [3.8, 4) is 22.9 Å². The summed E-state index contributed by atoms with van der Waals surface area (Å²) in [4.78, 5) is 24.2. The van der Waals surface area contributed by atoms with E-state index in [-0.39, 0.29) is 37.1 Å². The minimum Gasteiger partial charge on any atom is -0.456 e. The molecule has 0 bridgehead atoms. The molecule has 164 valence electrons. The van der Waals surface area contributed by atoms with E-state index in [0.29, 0.717) is 17.1 Å². The number of hydrogen-bond donors (Lipinski definition) is 0. The molecule has 0 aliphatic carbocycles. The van der Waals surface area contributed by atoms with Crippen LogP contribution in [0.1, 0.15) is 23.8 Å². The van der Waals surface area contributed by atoms with E-state index in [9.17, 15) is 18.0 Å². The number of pyridine rings is 1. The van der Waals surface area contributed by atoms with Crippen molar-refractivity contribution < 1.29 is 31.7 Å². The highest BCUT2D eigenvalue weighted by Gasteiger charge is 2.30. The molecule has 3 aromatic heterocycles. The molecule has 1 aromatic carbocycles. The lowest BCUT2D eigenvalue weighted by molar-refractivity contribution is -0.145. The van der Waals surface area contributed by atoms with E-state index < -0.39 is 17.7 Å². The van der Waals surface area contributed by atoms with Crippen LogP contribution in [0.2, 0.25) is 0 Å². The fourth-order valence-electron chi connectivity index (χ4n) is 2.62. The molecule has 9 nitrogen and oxygen atoms in total. The maximum absolute atomic E-state index is 12.6. The van der Waals surface area contributed by atoms with Crippen molar-refractivity contribution in [2.45, 2.75) is 25.6 Å². The zero-order valence-corrected chi connectivity index (χ0v) is 16.2. The first kappa shape index (κ1) is 21.2. The maximum atomic E-state index is 12.6. The number of nitrogens with zero attached hydrogens (tertiary/aromatic N) is 5. The number of hydrogen-bond acceptors (Lipinski definition) is 9. The van der Waals surface area contributed by atoms with Crippen LogP contribution in [-0.4, -0.2) is 31.2 Å². The smallest absolute Gasteiger partial charge is 0.416 e. The zero-order chi connectivity index (χ0) is 22.6. The Bertz CT molecular complexity index is 1190. The fourth-order valence-corrected chi connectivity index (χ4v) is 2.62. The second-order valence-corrected chi connectivity index (χ2v) is 6.47. The van der Waals surface area contributed by atoms with Crippen LogP contribution < -0.4 is 0 Å². The van der Waals surface area contributed by atoms with E-state index in [1.165, 1.54) is 12.1 Å². The Kier molecular flexibility index (Phi) is 5.92. The van der Waals surface area contributed by atoms with Gasteiger partial charge in [0.1, 0.15) is 5.69 Å². The van der Waals surface area contributed by atoms with Gasteiger partial charge in [-0.25, -0.2) is 0 Å². The number of esters is 1. The quantitative estimate of drug-likeness (QED) is 0.391. The normalized spacial score (nSPS) is 11.5. The standard InChI is InChI=1S/C20H14F3N5O4/c21-20(22,23)13-6-4-12(5-7-13)18-26-16(32-27-18)11-30-17(29)9-8-15-25-19(28-31-15)14-3-1-2-10-24-14/h1-7,10H,8-9,11H2. The molecular weight excluding hydrogens is 431 g/mol. The third-order valence-corrected chi connectivity index (χ3v) is 4.20. The summed E-state index contributed by atoms with van der Waals surface area (Å²) >= 11 is 0. The van der Waals surface area contributed by atoms with Crippen molar-refractivity contribution in [1.82, 2.24) is 25.3 Å². The van der Waals surface area contributed by atoms with Gasteiger partial charge in [0.2, 0.25) is 17.5 Å². The van der Waals surface area contributed by atoms with E-state index >= 15 is 0 Å². The van der Waals surface area contributed by atoms with Gasteiger partial charge in [0.25, 0.3) is 5.89 Å². The van der Waals surface area contributed by atoms with Gasteiger partial charge < -0.3 is 13.8 Å². The predicted octanol–water partition coefficient (Wildman–Crippen LogP) is 3.88. The van der Waals surface area contributed by atoms with Gasteiger partial charge in [-0.3, -0.25) is 9.78 Å². The van der Waals surface area contributed by atoms with E-state index in [4.69, 9.17) is 13.8 Å². The van der Waals surface area contributed by atoms with Crippen LogP contribution in [0.15, 0.2) is 57.7 Å². The Morgan fingerprint density at radius 3 is 2.38 bits per heavy atom. The number of aromatic nitrogens is 5. The second kappa shape index (κ2) is 8.96. The number of aryl methyl sites for hydroxylation is 1. The molecule has 3 heterocycles. The van der Waals surface area contributed by atoms with Crippen LogP contribution in [0, 0.1) is 0 Å². The molecule has 4 aromatic rings. The Morgan fingerprint density at radius 2 is 1.66 bits per heavy atom. The minimum atomic E-state index is -4.43. The van der Waals surface area contributed by atoms with Gasteiger partial charge in [-0.15, -0.1) is 0 Å². The maximum Gasteiger partial charge on any atom is 0.416 e. The average Bonchev–Trinajstić information content (AvgIpc) is 3.46. The highest BCUT2D eigenvalue weighted by atomic mass is 19.4. The number of rotatable bonds is 7. The summed E-state index contributed by atoms with van der Waals surface area (Å²) in [5.74, 6) is 0.0960. The van der Waals surface area contributed by atoms with Gasteiger partial charge in [-0.2, -0.15) is 23.1 Å². The SMILES string of the molecule is O=C(CCc1nc(-c2ccccn2)no1)OCc1nc(-c2ccc(C(F)(F)F)cc2)no1. The monoisotopic (exact) mass is 445 g/mol. The summed E-state index contributed by atoms with van der Waals surface area (Å²) in [6.07, 6.45) is -2.69. The number of carbonyl (C=O) groups is 1. The van der Waals surface area contributed by atoms with Crippen LogP contribution in [0.3, 0.4) is 0 Å². The molecule has 0 radical (unpaired) electrons. The van der Waals surface area contributed by atoms with Crippen molar-refractivity contribution in [2.75, 3.05) is 0 Å². The molecule has 0 N–H and O–H groups in total. The lowest BCUT2D eigenvalue weighted by Gasteiger charge is -2.05. The molecule has 0 aliphatic heterocycles. The molecule has 0 amide bonds. The molecule has 4 rings (SSSR count). The number of carbonyl (C=O) groups excluding carboxylic acids is 1. The van der Waals surface area contributed by atoms with Gasteiger partial charge in [-0.05, 0) is 24.3 Å². The number of alkyl halides is 3. The van der Waals surface area contributed by atoms with Crippen molar-refractivity contribution in [2.24, 2.45) is 0 Å². The highest BCUT2D eigenvalue weighted by molar-refractivity contribution is 5.69. The molecule has 0 saturated carbocycles. The summed E-state index contributed by atoms with van der Waals surface area (Å²) < 4.78 is 53.1. The summed E-state index contributed by atoms with van der Waals surface area (Å²) in [6.45, 7) is -0.282. The highest BCUT2D eigenvalue weighted by Crippen LogP contribution is 2.30. The summed E-state index contributed by atoms with van der Waals surface area (Å²) in [5.41, 5.74) is 0.0945. The van der Waals surface area contributed by atoms with E-state index in [2.05, 4.69) is 25.3 Å². The topological polar surface area (TPSA) is 117 Å². The Balaban J connectivity index is 1.27. The molecule has 0 saturated heterocycles. The molecule has 0 fully saturated rings. The fraction of sp³-hybridized carbons (Fsp3) is 0.200. The lowest BCUT2D eigenvalue weighted by atomic mass is 10.1. The molecule has 0 unspecified atom stereocenters.